The summed E-state index contributed by atoms with van der Waals surface area (Å²) in [4.78, 5) is 18.4. The van der Waals surface area contributed by atoms with Crippen molar-refractivity contribution in [2.75, 3.05) is 16.4 Å². The van der Waals surface area contributed by atoms with Gasteiger partial charge in [-0.2, -0.15) is 4.98 Å². The van der Waals surface area contributed by atoms with Crippen molar-refractivity contribution in [3.8, 4) is 5.75 Å². The Bertz CT molecular complexity index is 1470. The molecule has 1 aliphatic heterocycles. The number of thioether (sulfide) groups is 1. The average Bonchev–Trinajstić information content (AvgIpc) is 3.35. The predicted molar refractivity (Wildman–Crippen MR) is 157 cm³/mol. The quantitative estimate of drug-likeness (QED) is 0.156. The largest absolute Gasteiger partial charge is 0.489 e. The molecule has 1 aliphatic rings. The molecule has 4 aromatic rings. The van der Waals surface area contributed by atoms with Gasteiger partial charge < -0.3 is 15.4 Å². The van der Waals surface area contributed by atoms with Crippen LogP contribution in [-0.2, 0) is 11.4 Å². The lowest BCUT2D eigenvalue weighted by molar-refractivity contribution is -0.113. The fourth-order valence-corrected chi connectivity index (χ4v) is 5.38. The van der Waals surface area contributed by atoms with E-state index in [1.807, 2.05) is 85.8 Å². The van der Waals surface area contributed by atoms with Gasteiger partial charge in [0.2, 0.25) is 11.1 Å². The van der Waals surface area contributed by atoms with Gasteiger partial charge in [-0.25, -0.2) is 4.68 Å². The third-order valence-electron chi connectivity index (χ3n) is 6.33. The number of aromatic nitrogens is 3. The summed E-state index contributed by atoms with van der Waals surface area (Å²) in [5, 5.41) is 12.5. The van der Waals surface area contributed by atoms with Crippen LogP contribution < -0.4 is 15.4 Å². The number of fused-ring (bicyclic) bond motifs is 1. The minimum Gasteiger partial charge on any atom is -0.489 e. The molecule has 39 heavy (non-hydrogen) atoms. The van der Waals surface area contributed by atoms with Gasteiger partial charge >= 0.3 is 0 Å². The lowest BCUT2D eigenvalue weighted by atomic mass is 9.95. The molecule has 0 bridgehead atoms. The molecule has 0 saturated carbocycles. The lowest BCUT2D eigenvalue weighted by Gasteiger charge is -2.29. The van der Waals surface area contributed by atoms with Crippen molar-refractivity contribution >= 4 is 40.9 Å². The number of unbranched alkanes of at least 4 members (excludes halogenated alkanes) is 1. The number of hydrogen-bond acceptors (Lipinski definition) is 6. The van der Waals surface area contributed by atoms with Gasteiger partial charge in [-0.3, -0.25) is 4.79 Å². The molecule has 0 radical (unpaired) electrons. The highest BCUT2D eigenvalue weighted by molar-refractivity contribution is 7.99. The number of benzene rings is 3. The summed E-state index contributed by atoms with van der Waals surface area (Å²) >= 11 is 7.64. The number of rotatable bonds is 10. The molecule has 3 aromatic carbocycles. The van der Waals surface area contributed by atoms with Gasteiger partial charge in [0.25, 0.3) is 5.91 Å². The number of ether oxygens (including phenoxy) is 1. The Labute approximate surface area is 237 Å². The maximum absolute atomic E-state index is 13.7. The number of nitrogens with zero attached hydrogens (tertiary/aromatic N) is 3. The fourth-order valence-electron chi connectivity index (χ4n) is 4.34. The number of anilines is 2. The summed E-state index contributed by atoms with van der Waals surface area (Å²) in [6.45, 7) is 4.46. The first-order valence-electron chi connectivity index (χ1n) is 12.9. The third-order valence-corrected chi connectivity index (χ3v) is 7.51. The predicted octanol–water partition coefficient (Wildman–Crippen LogP) is 7.33. The number of halogens is 1. The van der Waals surface area contributed by atoms with Crippen LogP contribution in [-0.4, -0.2) is 26.4 Å². The number of hydrogen-bond donors (Lipinski definition) is 2. The summed E-state index contributed by atoms with van der Waals surface area (Å²) < 4.78 is 7.92. The zero-order valence-electron chi connectivity index (χ0n) is 21.9. The molecule has 5 rings (SSSR count). The standard InChI is InChI=1S/C30H30ClN5O2S/c1-3-4-17-39-30-34-29-32-20(2)26(28(37)33-24-10-6-5-7-11-24)27(36(29)35-30)22-9-8-12-25(18-22)38-19-21-13-15-23(31)16-14-21/h5-16,18,27H,3-4,17,19H2,1-2H3,(H,33,37)(H,32,34,35). The Kier molecular flexibility index (Phi) is 8.54. The van der Waals surface area contributed by atoms with Crippen LogP contribution in [0, 0.1) is 0 Å². The third kappa shape index (κ3) is 6.46. The van der Waals surface area contributed by atoms with Gasteiger partial charge in [0.05, 0.1) is 5.57 Å². The van der Waals surface area contributed by atoms with Crippen LogP contribution in [0.25, 0.3) is 0 Å². The molecule has 7 nitrogen and oxygen atoms in total. The highest BCUT2D eigenvalue weighted by atomic mass is 35.5. The number of carbonyl (C=O) groups excluding carboxylic acids is 1. The van der Waals surface area contributed by atoms with E-state index in [0.717, 1.165) is 41.1 Å². The first kappa shape index (κ1) is 26.8. The van der Waals surface area contributed by atoms with Crippen LogP contribution in [0.3, 0.4) is 0 Å². The van der Waals surface area contributed by atoms with E-state index in [-0.39, 0.29) is 5.91 Å². The van der Waals surface area contributed by atoms with E-state index >= 15 is 0 Å². The average molecular weight is 560 g/mol. The second kappa shape index (κ2) is 12.4. The normalized spacial score (nSPS) is 14.5. The van der Waals surface area contributed by atoms with Crippen LogP contribution >= 0.6 is 23.4 Å². The molecule has 0 fully saturated rings. The summed E-state index contributed by atoms with van der Waals surface area (Å²) in [6.07, 6.45) is 2.19. The zero-order valence-corrected chi connectivity index (χ0v) is 23.4. The summed E-state index contributed by atoms with van der Waals surface area (Å²) in [5.41, 5.74) is 3.90. The monoisotopic (exact) mass is 559 g/mol. The van der Waals surface area contributed by atoms with Crippen molar-refractivity contribution in [2.45, 2.75) is 44.5 Å². The fraction of sp³-hybridized carbons (Fsp3) is 0.233. The Morgan fingerprint density at radius 3 is 2.67 bits per heavy atom. The topological polar surface area (TPSA) is 81.1 Å². The van der Waals surface area contributed by atoms with Gasteiger partial charge in [0.1, 0.15) is 18.4 Å². The maximum atomic E-state index is 13.7. The van der Waals surface area contributed by atoms with E-state index in [1.54, 1.807) is 16.4 Å². The molecule has 200 valence electrons. The number of amides is 1. The van der Waals surface area contributed by atoms with Gasteiger partial charge in [0.15, 0.2) is 0 Å². The zero-order chi connectivity index (χ0) is 27.2. The Balaban J connectivity index is 1.47. The molecule has 2 N–H and O–H groups in total. The van der Waals surface area contributed by atoms with Crippen LogP contribution in [0.5, 0.6) is 5.75 Å². The van der Waals surface area contributed by atoms with Crippen LogP contribution in [0.4, 0.5) is 11.6 Å². The van der Waals surface area contributed by atoms with Crippen molar-refractivity contribution in [1.29, 1.82) is 0 Å². The lowest BCUT2D eigenvalue weighted by Crippen LogP contribution is -2.31. The van der Waals surface area contributed by atoms with Crippen LogP contribution in [0.15, 0.2) is 95.3 Å². The second-order valence-electron chi connectivity index (χ2n) is 9.24. The van der Waals surface area contributed by atoms with Gasteiger partial charge in [0, 0.05) is 22.2 Å². The molecule has 1 unspecified atom stereocenters. The SMILES string of the molecule is CCCCSc1nc2n(n1)C(c1cccc(OCc3ccc(Cl)cc3)c1)C(C(=O)Nc1ccccc1)=C(C)N2. The first-order chi connectivity index (χ1) is 19.0. The number of allylic oxidation sites excluding steroid dienone is 1. The Morgan fingerprint density at radius 2 is 1.90 bits per heavy atom. The van der Waals surface area contributed by atoms with E-state index in [4.69, 9.17) is 26.4 Å². The summed E-state index contributed by atoms with van der Waals surface area (Å²) in [7, 11) is 0. The molecular weight excluding hydrogens is 530 g/mol. The number of carbonyl (C=O) groups is 1. The van der Waals surface area contributed by atoms with E-state index in [0.29, 0.717) is 34.1 Å². The van der Waals surface area contributed by atoms with Crippen molar-refractivity contribution in [3.63, 3.8) is 0 Å². The van der Waals surface area contributed by atoms with E-state index in [2.05, 4.69) is 17.6 Å². The molecular formula is C30H30ClN5O2S. The van der Waals surface area contributed by atoms with Crippen molar-refractivity contribution in [1.82, 2.24) is 14.8 Å². The molecule has 9 heteroatoms. The Hall–Kier alpha value is -3.75. The van der Waals surface area contributed by atoms with Crippen LogP contribution in [0.2, 0.25) is 5.02 Å². The highest BCUT2D eigenvalue weighted by Crippen LogP contribution is 2.38. The van der Waals surface area contributed by atoms with Crippen LogP contribution in [0.1, 0.15) is 43.9 Å². The number of nitrogens with one attached hydrogen (secondary N) is 2. The minimum atomic E-state index is -0.489. The minimum absolute atomic E-state index is 0.204. The molecule has 1 aromatic heterocycles. The van der Waals surface area contributed by atoms with Gasteiger partial charge in [-0.05, 0) is 60.9 Å². The van der Waals surface area contributed by atoms with Gasteiger partial charge in [-0.1, -0.05) is 79.2 Å². The molecule has 1 amide bonds. The Morgan fingerprint density at radius 1 is 1.10 bits per heavy atom. The number of para-hydroxylation sites is 1. The van der Waals surface area contributed by atoms with E-state index in [9.17, 15) is 4.79 Å². The van der Waals surface area contributed by atoms with E-state index in [1.165, 1.54) is 0 Å². The summed E-state index contributed by atoms with van der Waals surface area (Å²) in [6, 6.07) is 24.3. The molecule has 0 aliphatic carbocycles. The highest BCUT2D eigenvalue weighted by Gasteiger charge is 2.34. The van der Waals surface area contributed by atoms with Crippen molar-refractivity contribution < 1.29 is 9.53 Å². The molecule has 1 atom stereocenters. The smallest absolute Gasteiger partial charge is 0.255 e. The molecule has 0 spiro atoms. The van der Waals surface area contributed by atoms with Crippen molar-refractivity contribution in [3.05, 3.63) is 106 Å². The molecule has 2 heterocycles. The molecule has 0 saturated heterocycles. The van der Waals surface area contributed by atoms with Crippen molar-refractivity contribution in [2.24, 2.45) is 0 Å². The summed E-state index contributed by atoms with van der Waals surface area (Å²) in [5.74, 6) is 2.04. The van der Waals surface area contributed by atoms with E-state index < -0.39 is 6.04 Å². The van der Waals surface area contributed by atoms with Gasteiger partial charge in [-0.15, -0.1) is 5.10 Å². The second-order valence-corrected chi connectivity index (χ2v) is 10.7. The maximum Gasteiger partial charge on any atom is 0.255 e. The first-order valence-corrected chi connectivity index (χ1v) is 14.3.